The maximum absolute atomic E-state index is 8.88. The minimum absolute atomic E-state index is 0.216. The van der Waals surface area contributed by atoms with Crippen molar-refractivity contribution in [2.75, 3.05) is 6.54 Å². The molecule has 0 fully saturated rings. The molecule has 2 aromatic rings. The van der Waals surface area contributed by atoms with E-state index < -0.39 is 0 Å². The molecule has 0 amide bonds. The van der Waals surface area contributed by atoms with Crippen LogP contribution in [-0.4, -0.2) is 6.54 Å². The van der Waals surface area contributed by atoms with Crippen LogP contribution in [0.1, 0.15) is 5.56 Å². The van der Waals surface area contributed by atoms with Crippen molar-refractivity contribution in [1.82, 2.24) is 5.73 Å². The Morgan fingerprint density at radius 1 is 0.923 bits per heavy atom. The summed E-state index contributed by atoms with van der Waals surface area (Å²) in [6.45, 7) is 0.216. The van der Waals surface area contributed by atoms with Crippen LogP contribution in [-0.2, 0) is 6.42 Å². The summed E-state index contributed by atoms with van der Waals surface area (Å²) in [6, 6.07) is 14.5. The average Bonchev–Trinajstić information content (AvgIpc) is 2.19. The topological polar surface area (TPSA) is 22.3 Å². The molecule has 0 unspecified atom stereocenters. The Kier molecular flexibility index (Phi) is 2.28. The Labute approximate surface area is 78.2 Å². The monoisotopic (exact) mass is 169 g/mol. The van der Waals surface area contributed by atoms with Crippen molar-refractivity contribution < 1.29 is 0 Å². The molecule has 2 radical (unpaired) electrons. The molecule has 0 N–H and O–H groups in total. The molecular formula is C12H11N. The van der Waals surface area contributed by atoms with Crippen LogP contribution in [0.4, 0.5) is 0 Å². The number of hydrogen-bond acceptors (Lipinski definition) is 0. The zero-order chi connectivity index (χ0) is 9.10. The molecule has 13 heavy (non-hydrogen) atoms. The molecule has 1 nitrogen and oxygen atoms in total. The predicted octanol–water partition coefficient (Wildman–Crippen LogP) is 2.45. The largest absolute Gasteiger partial charge is 0.145 e. The van der Waals surface area contributed by atoms with Crippen molar-refractivity contribution in [3.05, 3.63) is 48.0 Å². The smallest absolute Gasteiger partial charge is 0.0362 e. The third kappa shape index (κ3) is 1.56. The first-order valence-corrected chi connectivity index (χ1v) is 4.49. The van der Waals surface area contributed by atoms with E-state index in [4.69, 9.17) is 5.73 Å². The zero-order valence-electron chi connectivity index (χ0n) is 7.40. The summed E-state index contributed by atoms with van der Waals surface area (Å²) < 4.78 is 0. The Morgan fingerprint density at radius 3 is 2.54 bits per heavy atom. The van der Waals surface area contributed by atoms with Crippen molar-refractivity contribution in [3.8, 4) is 0 Å². The van der Waals surface area contributed by atoms with Gasteiger partial charge in [0.15, 0.2) is 0 Å². The van der Waals surface area contributed by atoms with Crippen LogP contribution in [0.25, 0.3) is 10.8 Å². The second kappa shape index (κ2) is 3.58. The van der Waals surface area contributed by atoms with E-state index in [0.29, 0.717) is 0 Å². The molecule has 0 heterocycles. The van der Waals surface area contributed by atoms with Gasteiger partial charge in [0.1, 0.15) is 0 Å². The van der Waals surface area contributed by atoms with Crippen LogP contribution in [0.15, 0.2) is 42.5 Å². The second-order valence-corrected chi connectivity index (χ2v) is 3.11. The highest BCUT2D eigenvalue weighted by molar-refractivity contribution is 5.85. The number of fused-ring (bicyclic) bond motifs is 1. The van der Waals surface area contributed by atoms with E-state index in [9.17, 15) is 0 Å². The standard InChI is InChI=1S/C12H11N/c13-9-8-11-6-3-5-10-4-1-2-7-12(10)11/h1-7H,8-9H2. The minimum Gasteiger partial charge on any atom is -0.145 e. The van der Waals surface area contributed by atoms with Gasteiger partial charge >= 0.3 is 0 Å². The molecule has 0 saturated carbocycles. The van der Waals surface area contributed by atoms with Gasteiger partial charge in [-0.3, -0.25) is 0 Å². The van der Waals surface area contributed by atoms with Crippen molar-refractivity contribution in [3.63, 3.8) is 0 Å². The highest BCUT2D eigenvalue weighted by Gasteiger charge is 1.97. The highest BCUT2D eigenvalue weighted by Crippen LogP contribution is 2.18. The molecule has 2 rings (SSSR count). The molecule has 0 aromatic heterocycles. The zero-order valence-corrected chi connectivity index (χ0v) is 7.40. The molecule has 0 aliphatic rings. The summed E-state index contributed by atoms with van der Waals surface area (Å²) in [5.74, 6) is 0. The number of rotatable bonds is 2. The van der Waals surface area contributed by atoms with Crippen molar-refractivity contribution >= 4 is 10.8 Å². The lowest BCUT2D eigenvalue weighted by Crippen LogP contribution is -1.92. The number of hydrogen-bond donors (Lipinski definition) is 0. The molecule has 0 spiro atoms. The lowest BCUT2D eigenvalue weighted by Gasteiger charge is -2.03. The fourth-order valence-corrected chi connectivity index (χ4v) is 1.63. The van der Waals surface area contributed by atoms with Crippen LogP contribution >= 0.6 is 0 Å². The normalized spacial score (nSPS) is 10.5. The second-order valence-electron chi connectivity index (χ2n) is 3.11. The van der Waals surface area contributed by atoms with Gasteiger partial charge in [-0.2, -0.15) is 0 Å². The first-order chi connectivity index (χ1) is 6.42. The number of benzene rings is 2. The molecule has 0 atom stereocenters. The lowest BCUT2D eigenvalue weighted by molar-refractivity contribution is 0.949. The van der Waals surface area contributed by atoms with Gasteiger partial charge < -0.3 is 0 Å². The van der Waals surface area contributed by atoms with Crippen molar-refractivity contribution in [1.29, 1.82) is 0 Å². The SMILES string of the molecule is [N]CCc1cccc2ccccc12. The predicted molar refractivity (Wildman–Crippen MR) is 54.7 cm³/mol. The van der Waals surface area contributed by atoms with Crippen LogP contribution in [0.5, 0.6) is 0 Å². The van der Waals surface area contributed by atoms with E-state index in [-0.39, 0.29) is 6.54 Å². The highest BCUT2D eigenvalue weighted by atomic mass is 14.5. The van der Waals surface area contributed by atoms with Gasteiger partial charge in [-0.25, -0.2) is 0 Å². The fourth-order valence-electron chi connectivity index (χ4n) is 1.63. The molecule has 0 aliphatic carbocycles. The van der Waals surface area contributed by atoms with Crippen molar-refractivity contribution in [2.24, 2.45) is 0 Å². The molecule has 0 bridgehead atoms. The van der Waals surface area contributed by atoms with E-state index in [1.165, 1.54) is 16.3 Å². The lowest BCUT2D eigenvalue weighted by atomic mass is 10.0. The van der Waals surface area contributed by atoms with Crippen LogP contribution in [0, 0.1) is 0 Å². The third-order valence-electron chi connectivity index (χ3n) is 2.26. The maximum atomic E-state index is 8.88. The van der Waals surface area contributed by atoms with Crippen LogP contribution in [0.2, 0.25) is 0 Å². The van der Waals surface area contributed by atoms with Gasteiger partial charge in [0, 0.05) is 6.54 Å². The van der Waals surface area contributed by atoms with Crippen LogP contribution < -0.4 is 5.73 Å². The first-order valence-electron chi connectivity index (χ1n) is 4.49. The van der Waals surface area contributed by atoms with E-state index in [2.05, 4.69) is 24.3 Å². The Balaban J connectivity index is 2.61. The molecule has 0 saturated heterocycles. The first kappa shape index (κ1) is 8.27. The average molecular weight is 169 g/mol. The molecule has 2 aromatic carbocycles. The van der Waals surface area contributed by atoms with E-state index in [0.717, 1.165) is 6.42 Å². The van der Waals surface area contributed by atoms with Gasteiger partial charge in [-0.1, -0.05) is 42.5 Å². The summed E-state index contributed by atoms with van der Waals surface area (Å²) in [5, 5.41) is 2.49. The van der Waals surface area contributed by atoms with Gasteiger partial charge in [0.05, 0.1) is 0 Å². The molecule has 0 aliphatic heterocycles. The van der Waals surface area contributed by atoms with Crippen molar-refractivity contribution in [2.45, 2.75) is 6.42 Å². The van der Waals surface area contributed by atoms with E-state index in [1.54, 1.807) is 0 Å². The number of nitrogens with zero attached hydrogens (tertiary/aromatic N) is 1. The van der Waals surface area contributed by atoms with Gasteiger partial charge in [0.25, 0.3) is 0 Å². The molecule has 1 heteroatoms. The minimum atomic E-state index is 0.216. The summed E-state index contributed by atoms with van der Waals surface area (Å²) in [4.78, 5) is 0. The third-order valence-corrected chi connectivity index (χ3v) is 2.26. The summed E-state index contributed by atoms with van der Waals surface area (Å²) in [7, 11) is 0. The van der Waals surface area contributed by atoms with E-state index in [1.807, 2.05) is 18.2 Å². The summed E-state index contributed by atoms with van der Waals surface area (Å²) in [5.41, 5.74) is 10.1. The summed E-state index contributed by atoms with van der Waals surface area (Å²) in [6.07, 6.45) is 0.737. The molecular weight excluding hydrogens is 158 g/mol. The Bertz CT molecular complexity index is 401. The van der Waals surface area contributed by atoms with E-state index >= 15 is 0 Å². The van der Waals surface area contributed by atoms with Gasteiger partial charge in [-0.05, 0) is 22.8 Å². The van der Waals surface area contributed by atoms with Gasteiger partial charge in [0.2, 0.25) is 0 Å². The quantitative estimate of drug-likeness (QED) is 0.659. The fraction of sp³-hybridized carbons (Fsp3) is 0.167. The molecule has 64 valence electrons. The Morgan fingerprint density at radius 2 is 1.69 bits per heavy atom. The van der Waals surface area contributed by atoms with Crippen LogP contribution in [0.3, 0.4) is 0 Å². The summed E-state index contributed by atoms with van der Waals surface area (Å²) >= 11 is 0. The Hall–Kier alpha value is -1.34. The van der Waals surface area contributed by atoms with Gasteiger partial charge in [-0.15, -0.1) is 5.73 Å². The maximum Gasteiger partial charge on any atom is 0.0362 e.